The van der Waals surface area contributed by atoms with Crippen molar-refractivity contribution < 1.29 is 5.11 Å². The molecule has 0 bridgehead atoms. The molecule has 1 N–H and O–H groups in total. The molecule has 1 unspecified atom stereocenters. The molecule has 14 heavy (non-hydrogen) atoms. The summed E-state index contributed by atoms with van der Waals surface area (Å²) in [5.41, 5.74) is 1.18. The fraction of sp³-hybridized carbons (Fsp3) is 0.727. The number of nitrogens with zero attached hydrogens (tertiary/aromatic N) is 2. The molecule has 1 atom stereocenters. The first-order chi connectivity index (χ1) is 6.85. The van der Waals surface area contributed by atoms with Crippen molar-refractivity contribution in [2.24, 2.45) is 0 Å². The number of imidazole rings is 1. The van der Waals surface area contributed by atoms with Crippen LogP contribution in [0.4, 0.5) is 0 Å². The van der Waals surface area contributed by atoms with E-state index in [-0.39, 0.29) is 12.5 Å². The number of aryl methyl sites for hydroxylation is 2. The van der Waals surface area contributed by atoms with Crippen molar-refractivity contribution in [3.05, 3.63) is 17.7 Å². The average Bonchev–Trinajstić information content (AvgIpc) is 2.60. The number of aliphatic hydroxyl groups excluding tert-OH is 1. The van der Waals surface area contributed by atoms with E-state index >= 15 is 0 Å². The van der Waals surface area contributed by atoms with E-state index in [1.54, 1.807) is 0 Å². The Labute approximate surface area is 84.8 Å². The van der Waals surface area contributed by atoms with E-state index in [2.05, 4.69) is 22.7 Å². The molecule has 2 heterocycles. The lowest BCUT2D eigenvalue weighted by Gasteiger charge is -2.21. The number of aromatic nitrogens is 2. The van der Waals surface area contributed by atoms with Crippen LogP contribution in [0.1, 0.15) is 43.6 Å². The molecule has 0 fully saturated rings. The molecular formula is C11H18N2O. The maximum absolute atomic E-state index is 9.22. The van der Waals surface area contributed by atoms with Gasteiger partial charge in [0.15, 0.2) is 0 Å². The second kappa shape index (κ2) is 4.13. The summed E-state index contributed by atoms with van der Waals surface area (Å²) in [5.74, 6) is 1.37. The SMILES string of the molecule is CCCc1cn2c(n1)C(CO)CCC2. The van der Waals surface area contributed by atoms with Gasteiger partial charge in [-0.3, -0.25) is 0 Å². The van der Waals surface area contributed by atoms with Gasteiger partial charge in [0.25, 0.3) is 0 Å². The van der Waals surface area contributed by atoms with Gasteiger partial charge in [0.2, 0.25) is 0 Å². The van der Waals surface area contributed by atoms with Crippen LogP contribution in [0.25, 0.3) is 0 Å². The molecule has 3 nitrogen and oxygen atoms in total. The van der Waals surface area contributed by atoms with Gasteiger partial charge in [-0.2, -0.15) is 0 Å². The predicted octanol–water partition coefficient (Wildman–Crippen LogP) is 1.71. The van der Waals surface area contributed by atoms with Crippen LogP contribution in [0.15, 0.2) is 6.20 Å². The lowest BCUT2D eigenvalue weighted by Crippen LogP contribution is -2.18. The van der Waals surface area contributed by atoms with Gasteiger partial charge < -0.3 is 9.67 Å². The van der Waals surface area contributed by atoms with Gasteiger partial charge in [-0.05, 0) is 19.3 Å². The van der Waals surface area contributed by atoms with Crippen molar-refractivity contribution in [1.82, 2.24) is 9.55 Å². The van der Waals surface area contributed by atoms with Crippen molar-refractivity contribution >= 4 is 0 Å². The second-order valence-corrected chi connectivity index (χ2v) is 4.06. The zero-order chi connectivity index (χ0) is 9.97. The van der Waals surface area contributed by atoms with Crippen LogP contribution in [0.3, 0.4) is 0 Å². The molecule has 0 aromatic carbocycles. The number of aliphatic hydroxyl groups is 1. The predicted molar refractivity (Wildman–Crippen MR) is 55.3 cm³/mol. The van der Waals surface area contributed by atoms with Gasteiger partial charge in [-0.25, -0.2) is 4.98 Å². The molecule has 0 amide bonds. The molecule has 0 spiro atoms. The highest BCUT2D eigenvalue weighted by molar-refractivity contribution is 5.10. The maximum atomic E-state index is 9.22. The summed E-state index contributed by atoms with van der Waals surface area (Å²) in [6.07, 6.45) is 6.60. The summed E-state index contributed by atoms with van der Waals surface area (Å²) in [6, 6.07) is 0. The molecule has 0 saturated heterocycles. The topological polar surface area (TPSA) is 38.0 Å². The van der Waals surface area contributed by atoms with Crippen LogP contribution in [0, 0.1) is 0 Å². The average molecular weight is 194 g/mol. The lowest BCUT2D eigenvalue weighted by molar-refractivity contribution is 0.238. The minimum absolute atomic E-state index is 0.239. The zero-order valence-electron chi connectivity index (χ0n) is 8.74. The molecule has 3 heteroatoms. The van der Waals surface area contributed by atoms with E-state index in [0.717, 1.165) is 31.6 Å². The van der Waals surface area contributed by atoms with E-state index in [1.165, 1.54) is 12.1 Å². The van der Waals surface area contributed by atoms with E-state index in [4.69, 9.17) is 0 Å². The first kappa shape index (κ1) is 9.71. The molecule has 1 aliphatic rings. The van der Waals surface area contributed by atoms with E-state index in [0.29, 0.717) is 0 Å². The molecule has 0 aliphatic carbocycles. The molecule has 1 aromatic heterocycles. The number of hydrogen-bond donors (Lipinski definition) is 1. The Morgan fingerprint density at radius 1 is 1.64 bits per heavy atom. The maximum Gasteiger partial charge on any atom is 0.114 e. The number of fused-ring (bicyclic) bond motifs is 1. The van der Waals surface area contributed by atoms with Crippen LogP contribution in [-0.4, -0.2) is 21.3 Å². The minimum Gasteiger partial charge on any atom is -0.396 e. The van der Waals surface area contributed by atoms with E-state index in [9.17, 15) is 5.11 Å². The Balaban J connectivity index is 2.24. The van der Waals surface area contributed by atoms with Crippen molar-refractivity contribution in [2.75, 3.05) is 6.61 Å². The second-order valence-electron chi connectivity index (χ2n) is 4.06. The lowest BCUT2D eigenvalue weighted by atomic mass is 10.0. The molecule has 78 valence electrons. The number of rotatable bonds is 3. The summed E-state index contributed by atoms with van der Waals surface area (Å²) >= 11 is 0. The van der Waals surface area contributed by atoms with Gasteiger partial charge in [0.05, 0.1) is 12.3 Å². The molecule has 0 saturated carbocycles. The first-order valence-electron chi connectivity index (χ1n) is 5.52. The Bertz CT molecular complexity index is 306. The first-order valence-corrected chi connectivity index (χ1v) is 5.52. The Morgan fingerprint density at radius 3 is 3.21 bits per heavy atom. The van der Waals surface area contributed by atoms with Gasteiger partial charge in [0, 0.05) is 18.7 Å². The molecule has 1 aromatic rings. The monoisotopic (exact) mass is 194 g/mol. The summed E-state index contributed by atoms with van der Waals surface area (Å²) in [7, 11) is 0. The summed E-state index contributed by atoms with van der Waals surface area (Å²) in [6.45, 7) is 3.48. The Morgan fingerprint density at radius 2 is 2.50 bits per heavy atom. The fourth-order valence-electron chi connectivity index (χ4n) is 2.18. The van der Waals surface area contributed by atoms with Gasteiger partial charge in [-0.15, -0.1) is 0 Å². The van der Waals surface area contributed by atoms with Gasteiger partial charge >= 0.3 is 0 Å². The van der Waals surface area contributed by atoms with Crippen LogP contribution in [0.5, 0.6) is 0 Å². The summed E-state index contributed by atoms with van der Waals surface area (Å²) < 4.78 is 2.22. The van der Waals surface area contributed by atoms with Crippen molar-refractivity contribution in [3.63, 3.8) is 0 Å². The standard InChI is InChI=1S/C11H18N2O/c1-2-4-10-7-13-6-3-5-9(8-14)11(13)12-10/h7,9,14H,2-6,8H2,1H3. The van der Waals surface area contributed by atoms with Crippen LogP contribution < -0.4 is 0 Å². The number of hydrogen-bond acceptors (Lipinski definition) is 2. The van der Waals surface area contributed by atoms with Gasteiger partial charge in [0.1, 0.15) is 5.82 Å². The van der Waals surface area contributed by atoms with E-state index in [1.807, 2.05) is 0 Å². The highest BCUT2D eigenvalue weighted by Crippen LogP contribution is 2.26. The Kier molecular flexibility index (Phi) is 2.87. The Hall–Kier alpha value is -0.830. The van der Waals surface area contributed by atoms with Crippen LogP contribution in [-0.2, 0) is 13.0 Å². The van der Waals surface area contributed by atoms with Crippen molar-refractivity contribution in [3.8, 4) is 0 Å². The highest BCUT2D eigenvalue weighted by atomic mass is 16.3. The molecule has 0 radical (unpaired) electrons. The zero-order valence-corrected chi connectivity index (χ0v) is 8.74. The highest BCUT2D eigenvalue weighted by Gasteiger charge is 2.21. The summed E-state index contributed by atoms with van der Waals surface area (Å²) in [5, 5.41) is 9.22. The van der Waals surface area contributed by atoms with E-state index < -0.39 is 0 Å². The van der Waals surface area contributed by atoms with Crippen LogP contribution >= 0.6 is 0 Å². The fourth-order valence-corrected chi connectivity index (χ4v) is 2.18. The van der Waals surface area contributed by atoms with Crippen molar-refractivity contribution in [2.45, 2.75) is 45.1 Å². The summed E-state index contributed by atoms with van der Waals surface area (Å²) in [4.78, 5) is 4.60. The van der Waals surface area contributed by atoms with Crippen LogP contribution in [0.2, 0.25) is 0 Å². The largest absolute Gasteiger partial charge is 0.396 e. The third-order valence-electron chi connectivity index (χ3n) is 2.90. The molecular weight excluding hydrogens is 176 g/mol. The molecule has 2 rings (SSSR count). The third-order valence-corrected chi connectivity index (χ3v) is 2.90. The molecule has 1 aliphatic heterocycles. The van der Waals surface area contributed by atoms with Crippen molar-refractivity contribution in [1.29, 1.82) is 0 Å². The minimum atomic E-state index is 0.239. The normalized spacial score (nSPS) is 20.9. The quantitative estimate of drug-likeness (QED) is 0.795. The third kappa shape index (κ3) is 1.69. The smallest absolute Gasteiger partial charge is 0.114 e. The van der Waals surface area contributed by atoms with Gasteiger partial charge in [-0.1, -0.05) is 13.3 Å².